The van der Waals surface area contributed by atoms with Gasteiger partial charge in [0.1, 0.15) is 17.1 Å². The average Bonchev–Trinajstić information content (AvgIpc) is 3.87. The fourth-order valence-electron chi connectivity index (χ4n) is 9.62. The number of amides is 4. The number of hydrogen-bond acceptors (Lipinski definition) is 14. The van der Waals surface area contributed by atoms with E-state index in [2.05, 4.69) is 140 Å². The standard InChI is InChI=1S/C22H22N4O6.C15H19N3O2.C7H4ClNO4.CH2.6HI.2V/c1-22(32-21(28)31-18-10-7-16(8-11-18)26(29)30)13-17-9-12-19(22)25-20(27)23(14-24(17)25)15-5-3-2-4-6-15;1-15(20)9-12-7-8-13(15)18-14(19)16(10-17(12)18)11-5-3-2-4-6-11;8-7(10)13-6-3-1-5(2-4-6)9(11)12;;;;;;;;;/h2-8,10-11,17,19H,9,12-14H2,1H3;2-6,12-13,20H,7-10H2,1H3;1-4H;1H2;6*1H;;/q;;;;;;;;;;2*+3/p-6. The Balaban J connectivity index is 0.000000180. The number of carbonyl (C=O) groups excluding carboxylic acids is 4. The third kappa shape index (κ3) is 16.6. The Bertz CT molecular complexity index is 2700. The fraction of sp³-hybridized carbons (Fsp3) is 0.356. The molecule has 20 nitrogen and oxygen atoms in total. The van der Waals surface area contributed by atoms with Crippen LogP contribution in [0.4, 0.5) is 41.9 Å². The van der Waals surface area contributed by atoms with Gasteiger partial charge in [0.2, 0.25) is 0 Å². The van der Waals surface area contributed by atoms with Crippen LogP contribution in [0.15, 0.2) is 109 Å². The number of aliphatic hydroxyl groups is 1. The Morgan fingerprint density at radius 2 is 1.07 bits per heavy atom. The van der Waals surface area contributed by atoms with E-state index < -0.39 is 36.0 Å². The van der Waals surface area contributed by atoms with Gasteiger partial charge in [0.15, 0.2) is 0 Å². The summed E-state index contributed by atoms with van der Waals surface area (Å²) in [6, 6.07) is 29.3. The van der Waals surface area contributed by atoms with Gasteiger partial charge in [0, 0.05) is 65.7 Å². The summed E-state index contributed by atoms with van der Waals surface area (Å²) in [7, 11) is 0. The molecular weight excluding hydrogens is 1740 g/mol. The summed E-state index contributed by atoms with van der Waals surface area (Å²) in [6.45, 7) is 4.75. The fourth-order valence-corrected chi connectivity index (χ4v) is 9.71. The zero-order chi connectivity index (χ0) is 54.3. The van der Waals surface area contributed by atoms with Gasteiger partial charge < -0.3 is 19.3 Å². The van der Waals surface area contributed by atoms with Crippen molar-refractivity contribution in [3.05, 3.63) is 129 Å². The van der Waals surface area contributed by atoms with Gasteiger partial charge in [-0.15, -0.1) is 0 Å². The van der Waals surface area contributed by atoms with Crippen molar-refractivity contribution in [2.24, 2.45) is 0 Å². The first-order chi connectivity index (χ1) is 34.8. The van der Waals surface area contributed by atoms with Crippen LogP contribution in [0.3, 0.4) is 0 Å². The van der Waals surface area contributed by atoms with Crippen molar-refractivity contribution in [1.29, 1.82) is 0 Å². The van der Waals surface area contributed by atoms with Crippen LogP contribution in [0.25, 0.3) is 0 Å². The number of nitro groups is 2. The van der Waals surface area contributed by atoms with Crippen LogP contribution < -0.4 is 19.3 Å². The van der Waals surface area contributed by atoms with E-state index in [1.54, 1.807) is 19.8 Å². The second-order valence-electron chi connectivity index (χ2n) is 17.6. The Labute approximate surface area is 504 Å². The van der Waals surface area contributed by atoms with Crippen LogP contribution in [0.5, 0.6) is 11.5 Å². The van der Waals surface area contributed by atoms with Gasteiger partial charge in [0.25, 0.3) is 11.4 Å². The molecule has 6 aliphatic heterocycles. The van der Waals surface area contributed by atoms with Crippen molar-refractivity contribution >= 4 is 183 Å². The summed E-state index contributed by atoms with van der Waals surface area (Å²) in [5.74, 6) is 0.324. The van der Waals surface area contributed by atoms with Gasteiger partial charge in [-0.05, 0) is 94.5 Å². The predicted molar refractivity (Wildman–Crippen MR) is 324 cm³/mol. The molecule has 6 heterocycles. The van der Waals surface area contributed by atoms with E-state index in [4.69, 9.17) is 21.1 Å². The molecule has 74 heavy (non-hydrogen) atoms. The van der Waals surface area contributed by atoms with Crippen molar-refractivity contribution < 1.29 is 56.6 Å². The summed E-state index contributed by atoms with van der Waals surface area (Å²) in [5.41, 5.74) is -1.07. The predicted octanol–water partition coefficient (Wildman–Crippen LogP) is 13.3. The van der Waals surface area contributed by atoms with Crippen LogP contribution in [0.2, 0.25) is 0 Å². The number of hydrogen-bond donors (Lipinski definition) is 1. The van der Waals surface area contributed by atoms with E-state index >= 15 is 0 Å². The molecule has 0 radical (unpaired) electrons. The summed E-state index contributed by atoms with van der Waals surface area (Å²) < 4.78 is 14.2. The van der Waals surface area contributed by atoms with E-state index in [1.807, 2.05) is 74.5 Å². The molecule has 6 unspecified atom stereocenters. The van der Waals surface area contributed by atoms with E-state index in [1.165, 1.54) is 48.5 Å². The quantitative estimate of drug-likeness (QED) is 0.0454. The number of anilines is 2. The number of halogens is 7. The van der Waals surface area contributed by atoms with Crippen LogP contribution in [0, 0.1) is 20.2 Å². The first-order valence-electron chi connectivity index (χ1n) is 22.2. The van der Waals surface area contributed by atoms with Crippen LogP contribution in [-0.2, 0) is 13.0 Å². The van der Waals surface area contributed by atoms with Gasteiger partial charge in [-0.1, -0.05) is 36.4 Å². The SMILES string of the molecule is CC1(O)CC2CCC1N1C(=O)N(c3ccccc3)CN21.CC1(OC(=O)Oc2ccc([N+](=O)[O-])cc2)CC2CCC1N1C(=O)N(c3ccccc3)CN21.O=C(Cl)Oc1ccc([N+](=O)[O-])cc1.[CH2]=[V]([I])([I])[I].[I][V]([I])[I]. The monoisotopic (exact) mass is 1790 g/mol. The summed E-state index contributed by atoms with van der Waals surface area (Å²) in [4.78, 5) is 71.9. The third-order valence-corrected chi connectivity index (χ3v) is 12.7. The number of urea groups is 2. The first-order valence-corrected chi connectivity index (χ1v) is 50.6. The van der Waals surface area contributed by atoms with Crippen LogP contribution >= 0.6 is 131 Å². The number of carbonyl (C=O) groups is 4. The van der Waals surface area contributed by atoms with Gasteiger partial charge in [-0.3, -0.25) is 30.0 Å². The molecule has 2 saturated carbocycles. The van der Waals surface area contributed by atoms with Gasteiger partial charge in [-0.2, -0.15) is 10.0 Å². The van der Waals surface area contributed by atoms with E-state index in [9.17, 15) is 44.5 Å². The van der Waals surface area contributed by atoms with Crippen molar-refractivity contribution in [2.75, 3.05) is 23.1 Å². The molecule has 8 fully saturated rings. The summed E-state index contributed by atoms with van der Waals surface area (Å²) in [6.07, 6.45) is 4.02. The van der Waals surface area contributed by atoms with E-state index in [-0.39, 0.29) is 64.0 Å². The number of hydrazine groups is 2. The normalized spacial score (nSPS) is 24.4. The topological polar surface area (TPSA) is 222 Å². The minimum absolute atomic E-state index is 0.00845. The van der Waals surface area contributed by atoms with Crippen molar-refractivity contribution in [3.63, 3.8) is 0 Å². The molecule has 4 amide bonds. The average molecular weight is 1790 g/mol. The number of fused-ring (bicyclic) bond motifs is 4. The third-order valence-electron chi connectivity index (χ3n) is 12.6. The maximum atomic E-state index is 13.3. The van der Waals surface area contributed by atoms with Gasteiger partial charge in [0.05, 0.1) is 40.9 Å². The summed E-state index contributed by atoms with van der Waals surface area (Å²) in [5, 5.41) is 43.2. The maximum absolute atomic E-state index is 13.3. The van der Waals surface area contributed by atoms with Crippen molar-refractivity contribution in [2.45, 2.75) is 87.7 Å². The van der Waals surface area contributed by atoms with Crippen molar-refractivity contribution in [3.8, 4) is 11.5 Å². The number of nitrogens with zero attached hydrogens (tertiary/aromatic N) is 8. The molecule has 6 atom stereocenters. The molecule has 6 saturated heterocycles. The zero-order valence-electron chi connectivity index (χ0n) is 39.1. The molecule has 8 aliphatic rings. The number of para-hydroxylation sites is 2. The van der Waals surface area contributed by atoms with Gasteiger partial charge >= 0.3 is 157 Å². The molecule has 4 aromatic carbocycles. The Morgan fingerprint density at radius 3 is 1.46 bits per heavy atom. The Kier molecular flexibility index (Phi) is 22.6. The number of nitro benzene ring substituents is 2. The second kappa shape index (κ2) is 27.1. The molecular formula is C45H47ClI6N8O12V2. The number of benzene rings is 4. The van der Waals surface area contributed by atoms with Gasteiger partial charge in [-0.25, -0.2) is 29.2 Å². The molecule has 2 aliphatic carbocycles. The number of rotatable bonds is 7. The Hall–Kier alpha value is -1.45. The first kappa shape index (κ1) is 61.8. The zero-order valence-corrected chi connectivity index (χ0v) is 55.6. The van der Waals surface area contributed by atoms with Crippen LogP contribution in [-0.4, -0.2) is 113 Å². The van der Waals surface area contributed by atoms with E-state index in [0.717, 1.165) is 43.5 Å². The van der Waals surface area contributed by atoms with E-state index in [0.29, 0.717) is 19.8 Å². The molecule has 4 bridgehead atoms. The second-order valence-corrected chi connectivity index (χ2v) is 98.2. The number of non-ortho nitro benzene ring substituents is 2. The summed E-state index contributed by atoms with van der Waals surface area (Å²) >= 11 is 19.5. The molecule has 12 rings (SSSR count). The molecule has 0 spiro atoms. The van der Waals surface area contributed by atoms with Crippen LogP contribution in [0.1, 0.15) is 52.4 Å². The molecule has 398 valence electrons. The number of ether oxygens (including phenoxy) is 3. The van der Waals surface area contributed by atoms with Crippen molar-refractivity contribution in [1.82, 2.24) is 20.0 Å². The molecule has 0 aromatic heterocycles. The molecule has 1 N–H and O–H groups in total. The minimum atomic E-state index is -1.22. The molecule has 4 aromatic rings. The molecule has 29 heteroatoms. The Morgan fingerprint density at radius 1 is 0.689 bits per heavy atom.